The van der Waals surface area contributed by atoms with E-state index in [1.165, 1.54) is 0 Å². The van der Waals surface area contributed by atoms with Gasteiger partial charge < -0.3 is 19.7 Å². The summed E-state index contributed by atoms with van der Waals surface area (Å²) in [6.07, 6.45) is 0.700. The molecule has 1 heterocycles. The lowest BCUT2D eigenvalue weighted by Crippen LogP contribution is -2.02. The highest BCUT2D eigenvalue weighted by atomic mass is 79.9. The SMILES string of the molecule is CCc1nc(COc2c(Br)cc(CN)cc2OC)no1. The topological polar surface area (TPSA) is 83.4 Å². The van der Waals surface area contributed by atoms with Gasteiger partial charge in [-0.1, -0.05) is 12.1 Å². The second-order valence-corrected chi connectivity index (χ2v) is 4.91. The molecule has 0 unspecified atom stereocenters. The monoisotopic (exact) mass is 341 g/mol. The van der Waals surface area contributed by atoms with E-state index in [-0.39, 0.29) is 6.61 Å². The molecule has 7 heteroatoms. The van der Waals surface area contributed by atoms with Crippen molar-refractivity contribution in [2.24, 2.45) is 5.73 Å². The molecule has 0 radical (unpaired) electrons. The lowest BCUT2D eigenvalue weighted by Gasteiger charge is -2.12. The summed E-state index contributed by atoms with van der Waals surface area (Å²) in [6, 6.07) is 3.74. The molecule has 0 spiro atoms. The van der Waals surface area contributed by atoms with Gasteiger partial charge in [-0.05, 0) is 33.6 Å². The number of benzene rings is 1. The number of nitrogens with zero attached hydrogens (tertiary/aromatic N) is 2. The van der Waals surface area contributed by atoms with Gasteiger partial charge in [0, 0.05) is 13.0 Å². The lowest BCUT2D eigenvalue weighted by atomic mass is 10.2. The first kappa shape index (κ1) is 14.8. The maximum absolute atomic E-state index is 5.70. The summed E-state index contributed by atoms with van der Waals surface area (Å²) in [5.74, 6) is 2.29. The molecule has 0 atom stereocenters. The normalized spacial score (nSPS) is 10.6. The van der Waals surface area contributed by atoms with Crippen LogP contribution in [0.1, 0.15) is 24.2 Å². The van der Waals surface area contributed by atoms with Crippen molar-refractivity contribution < 1.29 is 14.0 Å². The molecule has 0 saturated carbocycles. The second kappa shape index (κ2) is 6.71. The molecule has 0 aliphatic heterocycles. The summed E-state index contributed by atoms with van der Waals surface area (Å²) in [5.41, 5.74) is 6.58. The highest BCUT2D eigenvalue weighted by Gasteiger charge is 2.13. The zero-order chi connectivity index (χ0) is 14.5. The molecule has 0 aliphatic rings. The van der Waals surface area contributed by atoms with E-state index in [1.54, 1.807) is 7.11 Å². The minimum absolute atomic E-state index is 0.209. The van der Waals surface area contributed by atoms with E-state index in [0.29, 0.717) is 36.2 Å². The van der Waals surface area contributed by atoms with E-state index >= 15 is 0 Å². The van der Waals surface area contributed by atoms with E-state index in [0.717, 1.165) is 10.0 Å². The highest BCUT2D eigenvalue weighted by molar-refractivity contribution is 9.10. The van der Waals surface area contributed by atoms with Crippen LogP contribution in [0.25, 0.3) is 0 Å². The molecule has 1 aromatic carbocycles. The zero-order valence-corrected chi connectivity index (χ0v) is 12.9. The third-order valence-corrected chi connectivity index (χ3v) is 3.27. The molecule has 0 aliphatic carbocycles. The molecule has 108 valence electrons. The van der Waals surface area contributed by atoms with Crippen LogP contribution in [-0.4, -0.2) is 17.3 Å². The number of aromatic nitrogens is 2. The number of methoxy groups -OCH3 is 1. The van der Waals surface area contributed by atoms with E-state index in [9.17, 15) is 0 Å². The molecule has 0 bridgehead atoms. The van der Waals surface area contributed by atoms with Crippen LogP contribution in [-0.2, 0) is 19.6 Å². The minimum Gasteiger partial charge on any atom is -0.493 e. The van der Waals surface area contributed by atoms with Crippen molar-refractivity contribution in [1.82, 2.24) is 10.1 Å². The molecule has 20 heavy (non-hydrogen) atoms. The third-order valence-electron chi connectivity index (χ3n) is 2.68. The van der Waals surface area contributed by atoms with Gasteiger partial charge in [-0.2, -0.15) is 4.98 Å². The summed E-state index contributed by atoms with van der Waals surface area (Å²) in [4.78, 5) is 4.18. The molecule has 0 saturated heterocycles. The van der Waals surface area contributed by atoms with Crippen LogP contribution in [0.2, 0.25) is 0 Å². The molecule has 2 aromatic rings. The number of halogens is 1. The van der Waals surface area contributed by atoms with Crippen LogP contribution in [0.15, 0.2) is 21.1 Å². The van der Waals surface area contributed by atoms with Crippen LogP contribution in [0, 0.1) is 0 Å². The van der Waals surface area contributed by atoms with Crippen molar-refractivity contribution >= 4 is 15.9 Å². The van der Waals surface area contributed by atoms with E-state index in [1.807, 2.05) is 19.1 Å². The first-order valence-electron chi connectivity index (χ1n) is 6.18. The Morgan fingerprint density at radius 1 is 1.40 bits per heavy atom. The molecule has 0 amide bonds. The molecule has 1 aromatic heterocycles. The fraction of sp³-hybridized carbons (Fsp3) is 0.385. The highest BCUT2D eigenvalue weighted by Crippen LogP contribution is 2.36. The number of nitrogens with two attached hydrogens (primary N) is 1. The predicted octanol–water partition coefficient (Wildman–Crippen LogP) is 2.44. The Hall–Kier alpha value is -1.60. The van der Waals surface area contributed by atoms with Crippen molar-refractivity contribution in [3.05, 3.63) is 33.9 Å². The van der Waals surface area contributed by atoms with Crippen LogP contribution in [0.4, 0.5) is 0 Å². The standard InChI is InChI=1S/C13H16BrN3O3/c1-3-12-16-11(17-20-12)7-19-13-9(14)4-8(6-15)5-10(13)18-2/h4-5H,3,6-7,15H2,1-2H3. The number of ether oxygens (including phenoxy) is 2. The van der Waals surface area contributed by atoms with E-state index < -0.39 is 0 Å². The first-order chi connectivity index (χ1) is 9.67. The Morgan fingerprint density at radius 3 is 2.80 bits per heavy atom. The maximum atomic E-state index is 5.70. The Balaban J connectivity index is 2.16. The molecule has 6 nitrogen and oxygen atoms in total. The van der Waals surface area contributed by atoms with Crippen LogP contribution >= 0.6 is 15.9 Å². The molecule has 2 N–H and O–H groups in total. The van der Waals surface area contributed by atoms with Gasteiger partial charge in [0.05, 0.1) is 11.6 Å². The first-order valence-corrected chi connectivity index (χ1v) is 6.98. The summed E-state index contributed by atoms with van der Waals surface area (Å²) >= 11 is 3.45. The summed E-state index contributed by atoms with van der Waals surface area (Å²) in [7, 11) is 1.58. The smallest absolute Gasteiger partial charge is 0.226 e. The molecular formula is C13H16BrN3O3. The van der Waals surface area contributed by atoms with Crippen molar-refractivity contribution in [3.63, 3.8) is 0 Å². The lowest BCUT2D eigenvalue weighted by molar-refractivity contribution is 0.267. The largest absolute Gasteiger partial charge is 0.493 e. The quantitative estimate of drug-likeness (QED) is 0.868. The third kappa shape index (κ3) is 3.29. The fourth-order valence-corrected chi connectivity index (χ4v) is 2.26. The van der Waals surface area contributed by atoms with Crippen molar-refractivity contribution in [3.8, 4) is 11.5 Å². The maximum Gasteiger partial charge on any atom is 0.226 e. The average molecular weight is 342 g/mol. The minimum atomic E-state index is 0.209. The predicted molar refractivity (Wildman–Crippen MR) is 76.6 cm³/mol. The molecule has 2 rings (SSSR count). The number of rotatable bonds is 6. The van der Waals surface area contributed by atoms with E-state index in [2.05, 4.69) is 26.1 Å². The van der Waals surface area contributed by atoms with Gasteiger partial charge in [-0.3, -0.25) is 0 Å². The number of aryl methyl sites for hydroxylation is 1. The summed E-state index contributed by atoms with van der Waals surface area (Å²) in [6.45, 7) is 2.59. The molecular weight excluding hydrogens is 326 g/mol. The Bertz CT molecular complexity index is 586. The Morgan fingerprint density at radius 2 is 2.20 bits per heavy atom. The van der Waals surface area contributed by atoms with Gasteiger partial charge in [0.1, 0.15) is 0 Å². The van der Waals surface area contributed by atoms with Crippen LogP contribution in [0.5, 0.6) is 11.5 Å². The Labute approximate surface area is 125 Å². The second-order valence-electron chi connectivity index (χ2n) is 4.06. The van der Waals surface area contributed by atoms with Gasteiger partial charge in [0.15, 0.2) is 18.1 Å². The van der Waals surface area contributed by atoms with Gasteiger partial charge in [-0.25, -0.2) is 0 Å². The van der Waals surface area contributed by atoms with Crippen LogP contribution in [0.3, 0.4) is 0 Å². The zero-order valence-electron chi connectivity index (χ0n) is 11.4. The van der Waals surface area contributed by atoms with Crippen molar-refractivity contribution in [1.29, 1.82) is 0 Å². The average Bonchev–Trinajstić information content (AvgIpc) is 2.93. The van der Waals surface area contributed by atoms with Crippen LogP contribution < -0.4 is 15.2 Å². The van der Waals surface area contributed by atoms with E-state index in [4.69, 9.17) is 19.7 Å². The van der Waals surface area contributed by atoms with Gasteiger partial charge in [0.2, 0.25) is 11.7 Å². The molecule has 0 fully saturated rings. The fourth-order valence-electron chi connectivity index (χ4n) is 1.66. The van der Waals surface area contributed by atoms with Gasteiger partial charge in [-0.15, -0.1) is 0 Å². The van der Waals surface area contributed by atoms with Gasteiger partial charge >= 0.3 is 0 Å². The Kier molecular flexibility index (Phi) is 4.97. The van der Waals surface area contributed by atoms with Gasteiger partial charge in [0.25, 0.3) is 0 Å². The summed E-state index contributed by atoms with van der Waals surface area (Å²) in [5, 5.41) is 3.83. The number of hydrogen-bond donors (Lipinski definition) is 1. The van der Waals surface area contributed by atoms with Crippen molar-refractivity contribution in [2.45, 2.75) is 26.5 Å². The van der Waals surface area contributed by atoms with Crippen molar-refractivity contribution in [2.75, 3.05) is 7.11 Å². The number of hydrogen-bond acceptors (Lipinski definition) is 6. The summed E-state index contributed by atoms with van der Waals surface area (Å²) < 4.78 is 16.8.